The molecule has 0 unspecified atom stereocenters. The number of amides is 1. The molecule has 9 N–H and O–H groups in total. The maximum absolute atomic E-state index is 12.9. The van der Waals surface area contributed by atoms with Gasteiger partial charge in [0.2, 0.25) is 11.6 Å². The Balaban J connectivity index is 1.22. The lowest BCUT2D eigenvalue weighted by atomic mass is 9.79. The number of allylic oxidation sites excluding steroid dienone is 6. The molecule has 7 rings (SSSR count). The van der Waals surface area contributed by atoms with E-state index < -0.39 is 114 Å². The summed E-state index contributed by atoms with van der Waals surface area (Å²) in [7, 11) is -19.9. The Bertz CT molecular complexity index is 3480. The van der Waals surface area contributed by atoms with Gasteiger partial charge in [-0.25, -0.2) is 0 Å². The molecule has 72 heavy (non-hydrogen) atoms. The van der Waals surface area contributed by atoms with Crippen LogP contribution in [0.4, 0.5) is 11.4 Å². The third-order valence-corrected chi connectivity index (χ3v) is 17.0. The summed E-state index contributed by atoms with van der Waals surface area (Å²) in [5.41, 5.74) is 1.67. The number of aliphatic hydroxyl groups is 4. The molecule has 0 aliphatic carbocycles. The van der Waals surface area contributed by atoms with Gasteiger partial charge in [-0.2, -0.15) is 38.2 Å². The first-order valence-electron chi connectivity index (χ1n) is 22.6. The zero-order valence-electron chi connectivity index (χ0n) is 39.5. The van der Waals surface area contributed by atoms with Crippen molar-refractivity contribution in [1.29, 1.82) is 0 Å². The first-order chi connectivity index (χ1) is 33.3. The topological polar surface area (TPSA) is 343 Å². The first kappa shape index (κ1) is 54.8. The number of carbonyl (C=O) groups is 1. The van der Waals surface area contributed by atoms with Gasteiger partial charge >= 0.3 is 0 Å². The van der Waals surface area contributed by atoms with Crippen LogP contribution in [0.1, 0.15) is 71.4 Å². The van der Waals surface area contributed by atoms with Crippen molar-refractivity contribution in [3.8, 4) is 0 Å². The first-order valence-corrected chi connectivity index (χ1v) is 28.3. The summed E-state index contributed by atoms with van der Waals surface area (Å²) in [6.07, 6.45) is 3.95. The quantitative estimate of drug-likeness (QED) is 0.0335. The van der Waals surface area contributed by atoms with Crippen LogP contribution in [0.15, 0.2) is 104 Å². The van der Waals surface area contributed by atoms with Crippen LogP contribution in [0.25, 0.3) is 21.5 Å². The molecule has 0 saturated carbocycles. The van der Waals surface area contributed by atoms with E-state index in [-0.39, 0.29) is 28.0 Å². The molecule has 1 saturated heterocycles. The second kappa shape index (κ2) is 19.7. The van der Waals surface area contributed by atoms with Crippen LogP contribution in [0.3, 0.4) is 0 Å². The number of benzene rings is 4. The van der Waals surface area contributed by atoms with Crippen LogP contribution in [0, 0.1) is 0 Å². The highest BCUT2D eigenvalue weighted by molar-refractivity contribution is 7.87. The summed E-state index contributed by atoms with van der Waals surface area (Å²) in [6, 6.07) is 8.50. The minimum Gasteiger partial charge on any atom is -0.394 e. The van der Waals surface area contributed by atoms with E-state index in [1.165, 1.54) is 18.2 Å². The molecule has 0 aromatic heterocycles. The number of carbonyl (C=O) groups excluding carboxylic acids is 1. The number of aliphatic hydroxyl groups excluding tert-OH is 4. The maximum Gasteiger partial charge on any atom is 0.295 e. The van der Waals surface area contributed by atoms with Crippen LogP contribution in [0.5, 0.6) is 0 Å². The van der Waals surface area contributed by atoms with Gasteiger partial charge in [-0.05, 0) is 92.4 Å². The van der Waals surface area contributed by atoms with Crippen LogP contribution in [-0.2, 0) is 60.8 Å². The van der Waals surface area contributed by atoms with Gasteiger partial charge in [0.15, 0.2) is 12.0 Å². The van der Waals surface area contributed by atoms with Gasteiger partial charge < -0.3 is 35.4 Å². The molecule has 0 bridgehead atoms. The second-order valence-corrected chi connectivity index (χ2v) is 24.4. The van der Waals surface area contributed by atoms with Gasteiger partial charge in [0.25, 0.3) is 40.5 Å². The standard InChI is InChI=1S/C47H55N3O18S4/c1-6-49-32-18-16-28-30(21-26(69(56,57)58)23-35(28)71(62,63)64)40(32)46(2,3)37(49)13-9-7-10-14-38-47(4,5)41-31-22-27(70(59,60)61)24-36(72(65,66)67)29(31)17-19-33(41)50(38)20-12-8-11-15-39(52)48-42-44(54)43(53)34(25-51)68-45(42)55/h7,9-10,13-14,16-19,21-24,34,42-45,51,53-55H,6,8,11-12,15,20,25H2,1-5H3,(H4-,48,52,56,57,58,59,60,61,62,63,64,65,66,67)/p+1/t34-,42-,43-,44-,45-/m0/s1. The fourth-order valence-electron chi connectivity index (χ4n) is 10.2. The van der Waals surface area contributed by atoms with E-state index >= 15 is 0 Å². The van der Waals surface area contributed by atoms with E-state index in [0.717, 1.165) is 11.8 Å². The molecule has 1 amide bonds. The highest BCUT2D eigenvalue weighted by Gasteiger charge is 2.47. The largest absolute Gasteiger partial charge is 0.394 e. The molecule has 4 aromatic rings. The summed E-state index contributed by atoms with van der Waals surface area (Å²) in [5.74, 6) is -0.547. The maximum atomic E-state index is 12.9. The lowest BCUT2D eigenvalue weighted by molar-refractivity contribution is -0.438. The number of anilines is 1. The Morgan fingerprint density at radius 3 is 1.82 bits per heavy atom. The third kappa shape index (κ3) is 10.3. The fourth-order valence-corrected chi connectivity index (χ4v) is 12.9. The van der Waals surface area contributed by atoms with Gasteiger partial charge in [0.1, 0.15) is 40.7 Å². The minimum atomic E-state index is -5.02. The van der Waals surface area contributed by atoms with Gasteiger partial charge in [-0.1, -0.05) is 38.1 Å². The number of ether oxygens (including phenoxy) is 1. The minimum absolute atomic E-state index is 0.00529. The smallest absolute Gasteiger partial charge is 0.295 e. The van der Waals surface area contributed by atoms with Crippen molar-refractivity contribution in [2.45, 2.75) is 121 Å². The second-order valence-electron chi connectivity index (χ2n) is 18.8. The van der Waals surface area contributed by atoms with Crippen molar-refractivity contribution in [1.82, 2.24) is 5.32 Å². The Labute approximate surface area is 416 Å². The summed E-state index contributed by atoms with van der Waals surface area (Å²) in [5, 5.41) is 43.1. The number of rotatable bonds is 16. The number of likely N-dealkylation sites (N-methyl/N-ethyl adjacent to an activating group) is 1. The van der Waals surface area contributed by atoms with Crippen molar-refractivity contribution in [3.63, 3.8) is 0 Å². The van der Waals surface area contributed by atoms with Crippen molar-refractivity contribution in [2.75, 3.05) is 24.6 Å². The normalized spacial score (nSPS) is 23.0. The summed E-state index contributed by atoms with van der Waals surface area (Å²) in [6.45, 7) is 9.32. The molecule has 0 spiro atoms. The van der Waals surface area contributed by atoms with E-state index in [9.17, 15) is 77.1 Å². The van der Waals surface area contributed by atoms with Gasteiger partial charge in [0.05, 0.1) is 21.8 Å². The van der Waals surface area contributed by atoms with E-state index in [4.69, 9.17) is 4.74 Å². The van der Waals surface area contributed by atoms with Crippen LogP contribution in [0.2, 0.25) is 0 Å². The number of hydrogen-bond acceptors (Lipinski definition) is 15. The van der Waals surface area contributed by atoms with E-state index in [1.54, 1.807) is 36.4 Å². The Hall–Kier alpha value is -5.00. The van der Waals surface area contributed by atoms with E-state index in [2.05, 4.69) is 5.32 Å². The molecule has 1 fully saturated rings. The predicted octanol–water partition coefficient (Wildman–Crippen LogP) is 3.65. The van der Waals surface area contributed by atoms with Crippen LogP contribution >= 0.6 is 0 Å². The van der Waals surface area contributed by atoms with Crippen LogP contribution in [-0.4, -0.2) is 139 Å². The Morgan fingerprint density at radius 1 is 0.708 bits per heavy atom. The van der Waals surface area contributed by atoms with Gasteiger partial charge in [-0.15, -0.1) is 0 Å². The molecular weight excluding hydrogens is 1020 g/mol. The highest BCUT2D eigenvalue weighted by atomic mass is 32.2. The molecule has 5 atom stereocenters. The number of hydrogen-bond donors (Lipinski definition) is 9. The highest BCUT2D eigenvalue weighted by Crippen LogP contribution is 2.52. The molecule has 390 valence electrons. The number of unbranched alkanes of at least 4 members (excludes halogenated alkanes) is 2. The lowest BCUT2D eigenvalue weighted by Crippen LogP contribution is -2.64. The number of fused-ring (bicyclic) bond motifs is 6. The predicted molar refractivity (Wildman–Crippen MR) is 263 cm³/mol. The summed E-state index contributed by atoms with van der Waals surface area (Å²) >= 11 is 0. The Morgan fingerprint density at radius 2 is 1.28 bits per heavy atom. The number of nitrogens with zero attached hydrogens (tertiary/aromatic N) is 2. The van der Waals surface area contributed by atoms with Crippen molar-refractivity contribution < 1.29 is 86.4 Å². The van der Waals surface area contributed by atoms with Crippen LogP contribution < -0.4 is 10.2 Å². The third-order valence-electron chi connectivity index (χ3n) is 13.5. The monoisotopic (exact) mass is 1080 g/mol. The van der Waals surface area contributed by atoms with Crippen molar-refractivity contribution in [2.24, 2.45) is 0 Å². The lowest BCUT2D eigenvalue weighted by Gasteiger charge is -2.40. The fraction of sp³-hybridized carbons (Fsp3) is 0.404. The molecule has 25 heteroatoms. The molecule has 4 aromatic carbocycles. The zero-order chi connectivity index (χ0) is 53.3. The van der Waals surface area contributed by atoms with Gasteiger partial charge in [-0.3, -0.25) is 23.0 Å². The average molecular weight is 1080 g/mol. The Kier molecular flexibility index (Phi) is 15.0. The molecule has 3 aliphatic heterocycles. The summed E-state index contributed by atoms with van der Waals surface area (Å²) in [4.78, 5) is 11.9. The molecule has 21 nitrogen and oxygen atoms in total. The summed E-state index contributed by atoms with van der Waals surface area (Å²) < 4.78 is 147. The van der Waals surface area contributed by atoms with E-state index in [0.29, 0.717) is 72.7 Å². The number of nitrogens with one attached hydrogen (secondary N) is 1. The van der Waals surface area contributed by atoms with Crippen molar-refractivity contribution >= 4 is 85.0 Å². The van der Waals surface area contributed by atoms with Crippen molar-refractivity contribution in [3.05, 3.63) is 95.7 Å². The van der Waals surface area contributed by atoms with Gasteiger partial charge in [0, 0.05) is 64.7 Å². The van der Waals surface area contributed by atoms with E-state index in [1.807, 2.05) is 50.2 Å². The molecule has 3 aliphatic rings. The SMILES string of the molecule is CCN1\C(=C/C=C/C=C/C2=[N+](CCCCCC(=O)N[C@H]3[C@H](O)[C@@H](O)[C@H](CO)O[C@@H]3O)c3ccc4c(S(=O)(=O)O)cc(S(=O)(=O)O)cc4c3C2(C)C)C(C)(C)c2c1ccc1c(S(=O)(=O)O)cc(S(=O)(=O)O)cc21. The molecule has 3 heterocycles. The molecule has 0 radical (unpaired) electrons. The molecular formula is C47H56N3O18S4+. The zero-order valence-corrected chi connectivity index (χ0v) is 42.8. The average Bonchev–Trinajstić information content (AvgIpc) is 3.64.